The van der Waals surface area contributed by atoms with Crippen LogP contribution in [-0.4, -0.2) is 19.7 Å². The molecule has 1 atom stereocenters. The third-order valence-corrected chi connectivity index (χ3v) is 1.97. The zero-order valence-corrected chi connectivity index (χ0v) is 6.58. The summed E-state index contributed by atoms with van der Waals surface area (Å²) in [6, 6.07) is 0. The van der Waals surface area contributed by atoms with E-state index < -0.39 is 0 Å². The second kappa shape index (κ2) is 3.69. The number of rotatable bonds is 4. The highest BCUT2D eigenvalue weighted by Crippen LogP contribution is 2.37. The molecule has 4 nitrogen and oxygen atoms in total. The molecule has 2 N–H and O–H groups in total. The van der Waals surface area contributed by atoms with E-state index in [1.165, 1.54) is 7.11 Å². The Labute approximate surface area is 65.6 Å². The maximum Gasteiger partial charge on any atom is 0.311 e. The average molecular weight is 159 g/mol. The summed E-state index contributed by atoms with van der Waals surface area (Å²) in [5.74, 6) is 4.96. The first-order valence-electron chi connectivity index (χ1n) is 3.69. The first-order valence-corrected chi connectivity index (χ1v) is 3.69. The molecule has 0 bridgehead atoms. The molecule has 1 aliphatic carbocycles. The Kier molecular flexibility index (Phi) is 2.84. The summed E-state index contributed by atoms with van der Waals surface area (Å²) in [5.41, 5.74) is 0. The monoisotopic (exact) mass is 159 g/mol. The van der Waals surface area contributed by atoms with Gasteiger partial charge in [0.2, 0.25) is 0 Å². The van der Waals surface area contributed by atoms with Crippen molar-refractivity contribution >= 4 is 5.97 Å². The van der Waals surface area contributed by atoms with Gasteiger partial charge in [-0.3, -0.25) is 4.79 Å². The first-order chi connectivity index (χ1) is 5.29. The van der Waals surface area contributed by atoms with Crippen LogP contribution in [0.15, 0.2) is 0 Å². The van der Waals surface area contributed by atoms with Crippen LogP contribution >= 0.6 is 0 Å². The molecule has 0 aromatic heterocycles. The van der Waals surface area contributed by atoms with E-state index >= 15 is 0 Å². The Balaban J connectivity index is 2.37. The Morgan fingerprint density at radius 3 is 2.73 bits per heavy atom. The summed E-state index contributed by atoms with van der Waals surface area (Å²) in [5, 5.41) is 0. The van der Waals surface area contributed by atoms with Crippen LogP contribution in [0.1, 0.15) is 12.8 Å². The first kappa shape index (κ1) is 8.49. The fraction of sp³-hybridized carbons (Fsp3) is 0.857. The Bertz CT molecular complexity index is 145. The van der Waals surface area contributed by atoms with Crippen molar-refractivity contribution in [2.45, 2.75) is 12.8 Å². The highest BCUT2D eigenvalue weighted by Gasteiger charge is 2.36. The van der Waals surface area contributed by atoms with Gasteiger partial charge in [-0.2, -0.15) is 0 Å². The zero-order valence-electron chi connectivity index (χ0n) is 6.58. The van der Waals surface area contributed by atoms with Gasteiger partial charge in [0.1, 0.15) is 0 Å². The van der Waals surface area contributed by atoms with Gasteiger partial charge in [-0.15, -0.1) is 0 Å². The Hall–Kier alpha value is -0.610. The predicted octanol–water partition coefficient (Wildman–Crippen LogP) is 0.0759. The number of esters is 1. The van der Waals surface area contributed by atoms with Gasteiger partial charge >= 0.3 is 5.97 Å². The van der Waals surface area contributed by atoms with Crippen LogP contribution in [0.5, 0.6) is 0 Å². The molecule has 0 spiro atoms. The van der Waals surface area contributed by atoms with Crippen molar-refractivity contribution in [3.05, 3.63) is 0 Å². The Morgan fingerprint density at radius 1 is 1.73 bits per heavy atom. The van der Waals surface area contributed by atoms with Crippen molar-refractivity contribution < 1.29 is 14.4 Å². The fourth-order valence-corrected chi connectivity index (χ4v) is 1.15. The number of carbonyl (C=O) groups excluding carboxylic acids is 1. The third-order valence-electron chi connectivity index (χ3n) is 1.97. The van der Waals surface area contributed by atoms with E-state index in [-0.39, 0.29) is 18.5 Å². The fourth-order valence-electron chi connectivity index (χ4n) is 1.15. The quantitative estimate of drug-likeness (QED) is 0.466. The highest BCUT2D eigenvalue weighted by molar-refractivity contribution is 5.73. The molecule has 0 amide bonds. The molecule has 1 unspecified atom stereocenters. The summed E-state index contributed by atoms with van der Waals surface area (Å²) in [4.78, 5) is 15.5. The number of nitrogens with two attached hydrogens (primary N) is 1. The molecule has 1 rings (SSSR count). The standard InChI is InChI=1S/C7H13NO3/c1-10-7(9)6(4-11-8)5-2-3-5/h5-6H,2-4,8H2,1H3. The molecule has 0 saturated heterocycles. The number of ether oxygens (including phenoxy) is 1. The predicted molar refractivity (Wildman–Crippen MR) is 38.4 cm³/mol. The van der Waals surface area contributed by atoms with E-state index in [1.54, 1.807) is 0 Å². The smallest absolute Gasteiger partial charge is 0.311 e. The van der Waals surface area contributed by atoms with E-state index in [0.717, 1.165) is 12.8 Å². The van der Waals surface area contributed by atoms with Gasteiger partial charge in [-0.1, -0.05) is 0 Å². The lowest BCUT2D eigenvalue weighted by Crippen LogP contribution is -2.25. The number of hydrogen-bond donors (Lipinski definition) is 1. The van der Waals surface area contributed by atoms with E-state index in [0.29, 0.717) is 5.92 Å². The van der Waals surface area contributed by atoms with Gasteiger partial charge in [0.25, 0.3) is 0 Å². The van der Waals surface area contributed by atoms with E-state index in [9.17, 15) is 4.79 Å². The van der Waals surface area contributed by atoms with Gasteiger partial charge in [0.15, 0.2) is 0 Å². The van der Waals surface area contributed by atoms with E-state index in [1.807, 2.05) is 0 Å². The van der Waals surface area contributed by atoms with Crippen molar-refractivity contribution in [3.63, 3.8) is 0 Å². The maximum atomic E-state index is 11.0. The summed E-state index contributed by atoms with van der Waals surface area (Å²) in [6.45, 7) is 0.275. The molecule has 1 saturated carbocycles. The molecule has 64 valence electrons. The molecule has 1 fully saturated rings. The van der Waals surface area contributed by atoms with Gasteiger partial charge in [-0.25, -0.2) is 5.90 Å². The van der Waals surface area contributed by atoms with Crippen molar-refractivity contribution in [3.8, 4) is 0 Å². The Morgan fingerprint density at radius 2 is 2.36 bits per heavy atom. The van der Waals surface area contributed by atoms with Crippen molar-refractivity contribution in [1.29, 1.82) is 0 Å². The third kappa shape index (κ3) is 2.17. The maximum absolute atomic E-state index is 11.0. The summed E-state index contributed by atoms with van der Waals surface area (Å²) < 4.78 is 4.59. The minimum Gasteiger partial charge on any atom is -0.469 e. The molecule has 0 aromatic carbocycles. The van der Waals surface area contributed by atoms with Crippen LogP contribution in [0.2, 0.25) is 0 Å². The lowest BCUT2D eigenvalue weighted by atomic mass is 10.1. The minimum atomic E-state index is -0.210. The number of hydrogen-bond acceptors (Lipinski definition) is 4. The average Bonchev–Trinajstić information content (AvgIpc) is 2.81. The normalized spacial score (nSPS) is 19.5. The number of carbonyl (C=O) groups is 1. The van der Waals surface area contributed by atoms with Crippen LogP contribution in [0.3, 0.4) is 0 Å². The molecule has 1 aliphatic rings. The van der Waals surface area contributed by atoms with Gasteiger partial charge in [0.05, 0.1) is 19.6 Å². The van der Waals surface area contributed by atoms with Gasteiger partial charge in [0, 0.05) is 0 Å². The minimum absolute atomic E-state index is 0.148. The van der Waals surface area contributed by atoms with E-state index in [2.05, 4.69) is 9.57 Å². The summed E-state index contributed by atoms with van der Waals surface area (Å²) >= 11 is 0. The highest BCUT2D eigenvalue weighted by atomic mass is 16.6. The van der Waals surface area contributed by atoms with Crippen molar-refractivity contribution in [1.82, 2.24) is 0 Å². The lowest BCUT2D eigenvalue weighted by molar-refractivity contribution is -0.148. The van der Waals surface area contributed by atoms with Crippen molar-refractivity contribution in [2.24, 2.45) is 17.7 Å². The largest absolute Gasteiger partial charge is 0.469 e. The molecule has 0 aromatic rings. The molecule has 0 radical (unpaired) electrons. The molecule has 0 aliphatic heterocycles. The lowest BCUT2D eigenvalue weighted by Gasteiger charge is -2.10. The molecule has 0 heterocycles. The van der Waals surface area contributed by atoms with Crippen LogP contribution in [0.4, 0.5) is 0 Å². The van der Waals surface area contributed by atoms with Crippen LogP contribution in [-0.2, 0) is 14.4 Å². The topological polar surface area (TPSA) is 61.5 Å². The second-order valence-electron chi connectivity index (χ2n) is 2.80. The summed E-state index contributed by atoms with van der Waals surface area (Å²) in [7, 11) is 1.38. The SMILES string of the molecule is COC(=O)C(CON)C1CC1. The van der Waals surface area contributed by atoms with Crippen LogP contribution < -0.4 is 5.90 Å². The molecule has 4 heteroatoms. The molecular formula is C7H13NO3. The van der Waals surface area contributed by atoms with Gasteiger partial charge < -0.3 is 9.57 Å². The van der Waals surface area contributed by atoms with Gasteiger partial charge in [-0.05, 0) is 18.8 Å². The molecular weight excluding hydrogens is 146 g/mol. The van der Waals surface area contributed by atoms with Crippen molar-refractivity contribution in [2.75, 3.05) is 13.7 Å². The second-order valence-corrected chi connectivity index (χ2v) is 2.80. The number of methoxy groups -OCH3 is 1. The molecule has 11 heavy (non-hydrogen) atoms. The van der Waals surface area contributed by atoms with Crippen LogP contribution in [0, 0.1) is 11.8 Å². The van der Waals surface area contributed by atoms with E-state index in [4.69, 9.17) is 5.90 Å². The summed E-state index contributed by atoms with van der Waals surface area (Å²) in [6.07, 6.45) is 2.17. The zero-order chi connectivity index (χ0) is 8.27. The van der Waals surface area contributed by atoms with Crippen LogP contribution in [0.25, 0.3) is 0 Å².